The van der Waals surface area contributed by atoms with Crippen molar-refractivity contribution in [1.29, 1.82) is 0 Å². The van der Waals surface area contributed by atoms with E-state index in [1.54, 1.807) is 13.3 Å². The maximum absolute atomic E-state index is 11.2. The van der Waals surface area contributed by atoms with E-state index in [0.717, 1.165) is 28.1 Å². The SMILES string of the molecule is COC(=O)N/N=C\c1cn(Cc2ccccc2)nc1-c1cccc(OC)c1. The van der Waals surface area contributed by atoms with E-state index >= 15 is 0 Å². The van der Waals surface area contributed by atoms with E-state index in [4.69, 9.17) is 9.84 Å². The Morgan fingerprint density at radius 3 is 2.74 bits per heavy atom. The van der Waals surface area contributed by atoms with Crippen LogP contribution in [0.4, 0.5) is 4.79 Å². The zero-order valence-electron chi connectivity index (χ0n) is 15.1. The molecular formula is C20H20N4O3. The smallest absolute Gasteiger partial charge is 0.427 e. The second-order valence-electron chi connectivity index (χ2n) is 5.71. The van der Waals surface area contributed by atoms with Crippen LogP contribution in [-0.4, -0.2) is 36.3 Å². The van der Waals surface area contributed by atoms with Crippen LogP contribution in [0, 0.1) is 0 Å². The lowest BCUT2D eigenvalue weighted by atomic mass is 10.1. The van der Waals surface area contributed by atoms with E-state index in [-0.39, 0.29) is 0 Å². The number of methoxy groups -OCH3 is 2. The average molecular weight is 364 g/mol. The summed E-state index contributed by atoms with van der Waals surface area (Å²) in [6, 6.07) is 17.7. The number of rotatable bonds is 6. The maximum Gasteiger partial charge on any atom is 0.427 e. The molecular weight excluding hydrogens is 344 g/mol. The van der Waals surface area contributed by atoms with Crippen molar-refractivity contribution >= 4 is 12.3 Å². The van der Waals surface area contributed by atoms with Crippen molar-refractivity contribution in [3.8, 4) is 17.0 Å². The molecule has 3 aromatic rings. The van der Waals surface area contributed by atoms with Gasteiger partial charge in [0, 0.05) is 17.3 Å². The third-order valence-corrected chi connectivity index (χ3v) is 3.87. The minimum Gasteiger partial charge on any atom is -0.497 e. The summed E-state index contributed by atoms with van der Waals surface area (Å²) in [6.45, 7) is 0.621. The summed E-state index contributed by atoms with van der Waals surface area (Å²) < 4.78 is 11.7. The summed E-state index contributed by atoms with van der Waals surface area (Å²) in [5, 5.41) is 8.62. The van der Waals surface area contributed by atoms with Crippen LogP contribution in [0.1, 0.15) is 11.1 Å². The highest BCUT2D eigenvalue weighted by molar-refractivity contribution is 5.89. The van der Waals surface area contributed by atoms with Crippen molar-refractivity contribution in [1.82, 2.24) is 15.2 Å². The fourth-order valence-corrected chi connectivity index (χ4v) is 2.58. The van der Waals surface area contributed by atoms with Crippen molar-refractivity contribution in [2.75, 3.05) is 14.2 Å². The minimum atomic E-state index is -0.633. The molecule has 0 fully saturated rings. The van der Waals surface area contributed by atoms with Gasteiger partial charge in [0.05, 0.1) is 27.0 Å². The molecule has 7 heteroatoms. The van der Waals surface area contributed by atoms with Crippen LogP contribution in [-0.2, 0) is 11.3 Å². The Labute approximate surface area is 157 Å². The minimum absolute atomic E-state index is 0.621. The van der Waals surface area contributed by atoms with Crippen LogP contribution in [0.3, 0.4) is 0 Å². The lowest BCUT2D eigenvalue weighted by Gasteiger charge is -2.03. The first kappa shape index (κ1) is 18.2. The van der Waals surface area contributed by atoms with Gasteiger partial charge < -0.3 is 9.47 Å². The van der Waals surface area contributed by atoms with Gasteiger partial charge in [0.1, 0.15) is 11.4 Å². The number of hydrogen-bond donors (Lipinski definition) is 1. The first-order chi connectivity index (χ1) is 13.2. The lowest BCUT2D eigenvalue weighted by molar-refractivity contribution is 0.171. The molecule has 3 rings (SSSR count). The van der Waals surface area contributed by atoms with Crippen LogP contribution >= 0.6 is 0 Å². The Kier molecular flexibility index (Phi) is 5.84. The van der Waals surface area contributed by atoms with Gasteiger partial charge in [-0.05, 0) is 17.7 Å². The van der Waals surface area contributed by atoms with Gasteiger partial charge in [-0.15, -0.1) is 0 Å². The van der Waals surface area contributed by atoms with Gasteiger partial charge in [-0.2, -0.15) is 10.2 Å². The van der Waals surface area contributed by atoms with E-state index < -0.39 is 6.09 Å². The first-order valence-corrected chi connectivity index (χ1v) is 8.32. The Hall–Kier alpha value is -3.61. The van der Waals surface area contributed by atoms with Crippen molar-refractivity contribution in [2.24, 2.45) is 5.10 Å². The van der Waals surface area contributed by atoms with Crippen molar-refractivity contribution in [3.05, 3.63) is 71.9 Å². The fraction of sp³-hybridized carbons (Fsp3) is 0.150. The van der Waals surface area contributed by atoms with Crippen molar-refractivity contribution in [2.45, 2.75) is 6.54 Å². The highest BCUT2D eigenvalue weighted by Crippen LogP contribution is 2.25. The molecule has 0 atom stereocenters. The van der Waals surface area contributed by atoms with E-state index in [0.29, 0.717) is 6.54 Å². The Balaban J connectivity index is 1.94. The van der Waals surface area contributed by atoms with E-state index in [1.807, 2.05) is 65.5 Å². The summed E-state index contributed by atoms with van der Waals surface area (Å²) in [5.74, 6) is 0.737. The molecule has 0 unspecified atom stereocenters. The van der Waals surface area contributed by atoms with Crippen LogP contribution in [0.2, 0.25) is 0 Å². The second-order valence-corrected chi connectivity index (χ2v) is 5.71. The molecule has 1 N–H and O–H groups in total. The standard InChI is InChI=1S/C20H20N4O3/c1-26-18-10-6-9-16(11-18)19-17(12-21-22-20(25)27-2)14-24(23-19)13-15-7-4-3-5-8-15/h3-12,14H,13H2,1-2H3,(H,22,25)/b21-12-. The van der Waals surface area contributed by atoms with Crippen LogP contribution in [0.15, 0.2) is 65.9 Å². The van der Waals surface area contributed by atoms with Gasteiger partial charge in [-0.25, -0.2) is 10.2 Å². The number of nitrogens with one attached hydrogen (secondary N) is 1. The third-order valence-electron chi connectivity index (χ3n) is 3.87. The summed E-state index contributed by atoms with van der Waals surface area (Å²) in [7, 11) is 2.90. The van der Waals surface area contributed by atoms with Gasteiger partial charge in [0.15, 0.2) is 0 Å². The summed E-state index contributed by atoms with van der Waals surface area (Å²) in [6.07, 6.45) is 2.79. The van der Waals surface area contributed by atoms with Gasteiger partial charge in [0.25, 0.3) is 0 Å². The Morgan fingerprint density at radius 2 is 2.00 bits per heavy atom. The highest BCUT2D eigenvalue weighted by Gasteiger charge is 2.11. The maximum atomic E-state index is 11.2. The molecule has 1 heterocycles. The number of aromatic nitrogens is 2. The molecule has 1 aromatic heterocycles. The number of carbonyl (C=O) groups excluding carboxylic acids is 1. The first-order valence-electron chi connectivity index (χ1n) is 8.32. The normalized spacial score (nSPS) is 10.7. The summed E-state index contributed by atoms with van der Waals surface area (Å²) >= 11 is 0. The van der Waals surface area contributed by atoms with Crippen LogP contribution in [0.25, 0.3) is 11.3 Å². The zero-order valence-corrected chi connectivity index (χ0v) is 15.1. The third kappa shape index (κ3) is 4.72. The molecule has 2 aromatic carbocycles. The largest absolute Gasteiger partial charge is 0.497 e. The summed E-state index contributed by atoms with van der Waals surface area (Å²) in [5.41, 5.74) is 5.81. The Morgan fingerprint density at radius 1 is 1.19 bits per heavy atom. The van der Waals surface area contributed by atoms with E-state index in [9.17, 15) is 4.79 Å². The number of amides is 1. The molecule has 0 saturated carbocycles. The molecule has 0 aliphatic carbocycles. The number of benzene rings is 2. The molecule has 0 aliphatic rings. The molecule has 27 heavy (non-hydrogen) atoms. The Bertz CT molecular complexity index is 935. The van der Waals surface area contributed by atoms with Gasteiger partial charge in [-0.3, -0.25) is 4.68 Å². The predicted octanol–water partition coefficient (Wildman–Crippen LogP) is 3.30. The average Bonchev–Trinajstić information content (AvgIpc) is 3.11. The predicted molar refractivity (Wildman–Crippen MR) is 103 cm³/mol. The molecule has 0 saturated heterocycles. The number of nitrogens with zero attached hydrogens (tertiary/aromatic N) is 3. The zero-order chi connectivity index (χ0) is 19.1. The molecule has 0 aliphatic heterocycles. The monoisotopic (exact) mass is 364 g/mol. The fourth-order valence-electron chi connectivity index (χ4n) is 2.58. The van der Waals surface area contributed by atoms with Crippen molar-refractivity contribution in [3.63, 3.8) is 0 Å². The summed E-state index contributed by atoms with van der Waals surface area (Å²) in [4.78, 5) is 11.2. The van der Waals surface area contributed by atoms with Gasteiger partial charge in [0.2, 0.25) is 0 Å². The number of carbonyl (C=O) groups is 1. The van der Waals surface area contributed by atoms with Gasteiger partial charge >= 0.3 is 6.09 Å². The van der Waals surface area contributed by atoms with E-state index in [2.05, 4.69) is 15.3 Å². The van der Waals surface area contributed by atoms with Crippen LogP contribution < -0.4 is 10.2 Å². The molecule has 0 bridgehead atoms. The number of ether oxygens (including phenoxy) is 2. The van der Waals surface area contributed by atoms with Crippen molar-refractivity contribution < 1.29 is 14.3 Å². The molecule has 0 spiro atoms. The quantitative estimate of drug-likeness (QED) is 0.538. The molecule has 138 valence electrons. The lowest BCUT2D eigenvalue weighted by Crippen LogP contribution is -2.16. The van der Waals surface area contributed by atoms with Crippen LogP contribution in [0.5, 0.6) is 5.75 Å². The molecule has 0 radical (unpaired) electrons. The number of hydrogen-bond acceptors (Lipinski definition) is 5. The van der Waals surface area contributed by atoms with E-state index in [1.165, 1.54) is 7.11 Å². The highest BCUT2D eigenvalue weighted by atomic mass is 16.5. The molecule has 1 amide bonds. The molecule has 7 nitrogen and oxygen atoms in total. The van der Waals surface area contributed by atoms with Gasteiger partial charge in [-0.1, -0.05) is 42.5 Å². The second kappa shape index (κ2) is 8.66. The number of hydrazone groups is 1. The topological polar surface area (TPSA) is 77.7 Å².